The van der Waals surface area contributed by atoms with Gasteiger partial charge in [0.1, 0.15) is 0 Å². The van der Waals surface area contributed by atoms with Gasteiger partial charge in [-0.15, -0.1) is 0 Å². The Balaban J connectivity index is 3.68. The van der Waals surface area contributed by atoms with Crippen molar-refractivity contribution in [1.29, 1.82) is 0 Å². The summed E-state index contributed by atoms with van der Waals surface area (Å²) in [6, 6.07) is 0. The van der Waals surface area contributed by atoms with E-state index in [0.717, 1.165) is 0 Å². The van der Waals surface area contributed by atoms with Gasteiger partial charge in [0.15, 0.2) is 0 Å². The molecule has 0 saturated carbocycles. The molecule has 2 heteroatoms. The lowest BCUT2D eigenvalue weighted by Gasteiger charge is -2.22. The molecule has 0 fully saturated rings. The number of rotatable bonds is 3. The zero-order valence-corrected chi connectivity index (χ0v) is 7.65. The highest BCUT2D eigenvalue weighted by molar-refractivity contribution is 7.58. The Hall–Kier alpha value is 0.390. The summed E-state index contributed by atoms with van der Waals surface area (Å²) in [5.41, 5.74) is 1.34. The largest absolute Gasteiger partial charge is 0.392 e. The lowest BCUT2D eigenvalue weighted by atomic mass is 10.5. The van der Waals surface area contributed by atoms with Gasteiger partial charge >= 0.3 is 0 Å². The van der Waals surface area contributed by atoms with E-state index >= 15 is 0 Å². The van der Waals surface area contributed by atoms with E-state index in [1.165, 1.54) is 0 Å². The average molecular weight is 148 g/mol. The molecular formula is C7H17OP. The standard InChI is InChI=1S/C7H17OP/c1-6(2)9(5-8)7(3)4/h6-8H,5H2,1-4H3. The predicted molar refractivity (Wildman–Crippen MR) is 44.3 cm³/mol. The predicted octanol–water partition coefficient (Wildman–Crippen LogP) is 2.23. The van der Waals surface area contributed by atoms with E-state index in [4.69, 9.17) is 5.11 Å². The fourth-order valence-electron chi connectivity index (χ4n) is 0.923. The normalized spacial score (nSPS) is 12.0. The Bertz CT molecular complexity index is 63.3. The van der Waals surface area contributed by atoms with E-state index in [9.17, 15) is 0 Å². The molecule has 0 aliphatic carbocycles. The monoisotopic (exact) mass is 148 g/mol. The molecule has 0 spiro atoms. The second-order valence-electron chi connectivity index (χ2n) is 2.84. The van der Waals surface area contributed by atoms with Crippen molar-refractivity contribution in [3.8, 4) is 0 Å². The lowest BCUT2D eigenvalue weighted by molar-refractivity contribution is 0.368. The van der Waals surface area contributed by atoms with E-state index in [1.54, 1.807) is 0 Å². The van der Waals surface area contributed by atoms with Crippen LogP contribution in [0.1, 0.15) is 27.7 Å². The van der Waals surface area contributed by atoms with Crippen molar-refractivity contribution in [1.82, 2.24) is 0 Å². The fraction of sp³-hybridized carbons (Fsp3) is 1.00. The first-order valence-corrected chi connectivity index (χ1v) is 5.12. The highest BCUT2D eigenvalue weighted by atomic mass is 31.1. The minimum absolute atomic E-state index is 0.121. The first-order chi connectivity index (χ1) is 4.09. The van der Waals surface area contributed by atoms with Crippen molar-refractivity contribution in [3.05, 3.63) is 0 Å². The SMILES string of the molecule is CC(C)P(CO)C(C)C. The van der Waals surface area contributed by atoms with Crippen LogP contribution in [0.15, 0.2) is 0 Å². The maximum absolute atomic E-state index is 8.90. The van der Waals surface area contributed by atoms with E-state index in [1.807, 2.05) is 0 Å². The van der Waals surface area contributed by atoms with Crippen LogP contribution in [0.2, 0.25) is 0 Å². The molecule has 1 N–H and O–H groups in total. The second kappa shape index (κ2) is 4.24. The van der Waals surface area contributed by atoms with Crippen molar-refractivity contribution >= 4 is 7.92 Å². The summed E-state index contributed by atoms with van der Waals surface area (Å²) in [5, 5.41) is 8.90. The van der Waals surface area contributed by atoms with Gasteiger partial charge < -0.3 is 5.11 Å². The smallest absolute Gasteiger partial charge is 0.0629 e. The molecule has 0 aromatic rings. The molecule has 1 nitrogen and oxygen atoms in total. The Morgan fingerprint density at radius 2 is 1.44 bits per heavy atom. The zero-order chi connectivity index (χ0) is 7.44. The number of hydrogen-bond acceptors (Lipinski definition) is 1. The number of hydrogen-bond donors (Lipinski definition) is 1. The molecule has 0 aliphatic rings. The minimum Gasteiger partial charge on any atom is -0.392 e. The molecule has 0 aliphatic heterocycles. The Morgan fingerprint density at radius 1 is 1.11 bits per heavy atom. The summed E-state index contributed by atoms with van der Waals surface area (Å²) in [7, 11) is -0.121. The van der Waals surface area contributed by atoms with Crippen molar-refractivity contribution in [2.45, 2.75) is 39.0 Å². The van der Waals surface area contributed by atoms with Crippen molar-refractivity contribution < 1.29 is 5.11 Å². The third-order valence-electron chi connectivity index (χ3n) is 1.49. The summed E-state index contributed by atoms with van der Waals surface area (Å²) >= 11 is 0. The van der Waals surface area contributed by atoms with Crippen LogP contribution in [-0.4, -0.2) is 22.8 Å². The molecular weight excluding hydrogens is 131 g/mol. The molecule has 0 heterocycles. The Labute approximate surface area is 59.2 Å². The van der Waals surface area contributed by atoms with Gasteiger partial charge in [-0.3, -0.25) is 0 Å². The lowest BCUT2D eigenvalue weighted by Crippen LogP contribution is -2.05. The summed E-state index contributed by atoms with van der Waals surface area (Å²) < 4.78 is 0. The van der Waals surface area contributed by atoms with Gasteiger partial charge in [-0.25, -0.2) is 0 Å². The van der Waals surface area contributed by atoms with Gasteiger partial charge in [0.2, 0.25) is 0 Å². The summed E-state index contributed by atoms with van der Waals surface area (Å²) in [6.07, 6.45) is 0.394. The molecule has 0 amide bonds. The first-order valence-electron chi connectivity index (χ1n) is 3.46. The van der Waals surface area contributed by atoms with Crippen LogP contribution >= 0.6 is 7.92 Å². The van der Waals surface area contributed by atoms with Crippen molar-refractivity contribution in [2.75, 3.05) is 6.35 Å². The molecule has 0 saturated heterocycles. The highest BCUT2D eigenvalue weighted by Crippen LogP contribution is 2.44. The van der Waals surface area contributed by atoms with E-state index < -0.39 is 0 Å². The maximum Gasteiger partial charge on any atom is 0.0629 e. The van der Waals surface area contributed by atoms with Gasteiger partial charge in [-0.1, -0.05) is 35.6 Å². The third-order valence-corrected chi connectivity index (χ3v) is 4.47. The van der Waals surface area contributed by atoms with Gasteiger partial charge in [0.25, 0.3) is 0 Å². The van der Waals surface area contributed by atoms with Crippen molar-refractivity contribution in [2.24, 2.45) is 0 Å². The Kier molecular flexibility index (Phi) is 4.43. The molecule has 0 rings (SSSR count). The van der Waals surface area contributed by atoms with Gasteiger partial charge in [0.05, 0.1) is 6.35 Å². The van der Waals surface area contributed by atoms with Crippen LogP contribution in [0, 0.1) is 0 Å². The molecule has 0 radical (unpaired) electrons. The van der Waals surface area contributed by atoms with E-state index in [2.05, 4.69) is 27.7 Å². The number of aliphatic hydroxyl groups excluding tert-OH is 1. The van der Waals surface area contributed by atoms with Crippen molar-refractivity contribution in [3.63, 3.8) is 0 Å². The van der Waals surface area contributed by atoms with Gasteiger partial charge in [-0.2, -0.15) is 0 Å². The van der Waals surface area contributed by atoms with Crippen LogP contribution < -0.4 is 0 Å². The number of aliphatic hydroxyl groups is 1. The molecule has 0 bridgehead atoms. The van der Waals surface area contributed by atoms with Gasteiger partial charge in [-0.05, 0) is 11.3 Å². The summed E-state index contributed by atoms with van der Waals surface area (Å²) in [6.45, 7) is 8.73. The third kappa shape index (κ3) is 3.17. The molecule has 0 unspecified atom stereocenters. The van der Waals surface area contributed by atoms with Crippen LogP contribution in [0.3, 0.4) is 0 Å². The first kappa shape index (κ1) is 9.39. The van der Waals surface area contributed by atoms with Gasteiger partial charge in [0, 0.05) is 0 Å². The molecule has 0 aromatic carbocycles. The maximum atomic E-state index is 8.90. The Morgan fingerprint density at radius 3 is 1.44 bits per heavy atom. The average Bonchev–Trinajstić information content (AvgIpc) is 1.64. The molecule has 9 heavy (non-hydrogen) atoms. The zero-order valence-electron chi connectivity index (χ0n) is 6.76. The van der Waals surface area contributed by atoms with E-state index in [0.29, 0.717) is 17.7 Å². The summed E-state index contributed by atoms with van der Waals surface area (Å²) in [4.78, 5) is 0. The van der Waals surface area contributed by atoms with Crippen LogP contribution in [0.5, 0.6) is 0 Å². The van der Waals surface area contributed by atoms with Crippen LogP contribution in [0.25, 0.3) is 0 Å². The van der Waals surface area contributed by atoms with Crippen LogP contribution in [-0.2, 0) is 0 Å². The molecule has 56 valence electrons. The minimum atomic E-state index is -0.121. The fourth-order valence-corrected chi connectivity index (χ4v) is 2.77. The summed E-state index contributed by atoms with van der Waals surface area (Å²) in [5.74, 6) is 0. The molecule has 0 atom stereocenters. The highest BCUT2D eigenvalue weighted by Gasteiger charge is 2.14. The van der Waals surface area contributed by atoms with Crippen LogP contribution in [0.4, 0.5) is 0 Å². The topological polar surface area (TPSA) is 20.2 Å². The second-order valence-corrected chi connectivity index (χ2v) is 6.22. The quantitative estimate of drug-likeness (QED) is 0.608. The molecule has 0 aromatic heterocycles. The van der Waals surface area contributed by atoms with E-state index in [-0.39, 0.29) is 7.92 Å².